The molecule has 0 amide bonds. The molecule has 0 aliphatic heterocycles. The van der Waals surface area contributed by atoms with Crippen LogP contribution >= 0.6 is 0 Å². The first kappa shape index (κ1) is 20.2. The molecule has 0 heterocycles. The Morgan fingerprint density at radius 3 is 2.25 bits per heavy atom. The molecular formula is C9H18F2O4Rf-2. The molecule has 0 aliphatic carbocycles. The van der Waals surface area contributed by atoms with Gasteiger partial charge in [0.25, 0.3) is 0 Å². The second-order valence-electron chi connectivity index (χ2n) is 2.66. The van der Waals surface area contributed by atoms with E-state index in [0.29, 0.717) is 13.0 Å². The second-order valence-corrected chi connectivity index (χ2v) is 2.66. The van der Waals surface area contributed by atoms with Crippen LogP contribution in [0.4, 0.5) is 8.78 Å². The Kier molecular flexibility index (Phi) is 17.3. The van der Waals surface area contributed by atoms with Gasteiger partial charge in [0.2, 0.25) is 0 Å². The van der Waals surface area contributed by atoms with Crippen molar-refractivity contribution in [3.05, 3.63) is 13.9 Å². The third kappa shape index (κ3) is 15.2. The van der Waals surface area contributed by atoms with E-state index in [1.54, 1.807) is 0 Å². The predicted octanol–water partition coefficient (Wildman–Crippen LogP) is 0.642. The van der Waals surface area contributed by atoms with Crippen molar-refractivity contribution in [1.29, 1.82) is 0 Å². The maximum Gasteiger partial charge on any atom is 0.100 e. The van der Waals surface area contributed by atoms with Gasteiger partial charge in [0.15, 0.2) is 0 Å². The summed E-state index contributed by atoms with van der Waals surface area (Å²) < 4.78 is 32.3. The van der Waals surface area contributed by atoms with Crippen molar-refractivity contribution < 1.29 is 28.5 Å². The Morgan fingerprint density at radius 1 is 1.19 bits per heavy atom. The fraction of sp³-hybridized carbons (Fsp3) is 0.778. The van der Waals surface area contributed by atoms with Crippen LogP contribution in [-0.4, -0.2) is 49.4 Å². The van der Waals surface area contributed by atoms with Crippen LogP contribution in [0.2, 0.25) is 0 Å². The Bertz CT molecular complexity index is 130. The van der Waals surface area contributed by atoms with Crippen molar-refractivity contribution in [3.63, 3.8) is 0 Å². The van der Waals surface area contributed by atoms with E-state index in [1.807, 2.05) is 0 Å². The van der Waals surface area contributed by atoms with Gasteiger partial charge in [-0.1, -0.05) is 0 Å². The summed E-state index contributed by atoms with van der Waals surface area (Å²) in [7, 11) is 0. The fourth-order valence-electron chi connectivity index (χ4n) is 0.706. The van der Waals surface area contributed by atoms with Gasteiger partial charge in [0.05, 0.1) is 13.2 Å². The van der Waals surface area contributed by atoms with Crippen LogP contribution in [0.5, 0.6) is 0 Å². The molecule has 0 spiro atoms. The topological polar surface area (TPSA) is 58.9 Å². The monoisotopic (exact) mass is 495 g/mol. The van der Waals surface area contributed by atoms with Crippen molar-refractivity contribution in [2.45, 2.75) is 12.5 Å². The summed E-state index contributed by atoms with van der Waals surface area (Å²) >= 11 is 0. The van der Waals surface area contributed by atoms with Gasteiger partial charge in [-0.15, -0.1) is 0 Å². The molecule has 0 aromatic carbocycles. The third-order valence-corrected chi connectivity index (χ3v) is 1.28. The molecule has 0 radical (unpaired) electrons. The molecule has 0 aliphatic rings. The molecule has 16 heavy (non-hydrogen) atoms. The number of hydrogen-bond donors (Lipinski definition) is 2. The molecule has 7 heteroatoms. The van der Waals surface area contributed by atoms with Crippen LogP contribution in [0.25, 0.3) is 0 Å². The van der Waals surface area contributed by atoms with Crippen LogP contribution in [0.3, 0.4) is 0 Å². The minimum atomic E-state index is -1.82. The number of hydrogen-bond acceptors (Lipinski definition) is 4. The maximum absolute atomic E-state index is 11.5. The van der Waals surface area contributed by atoms with Gasteiger partial charge in [0, 0.05) is 19.6 Å². The van der Waals surface area contributed by atoms with E-state index >= 15 is 0 Å². The van der Waals surface area contributed by atoms with Gasteiger partial charge in [-0.2, -0.15) is 0 Å². The van der Waals surface area contributed by atoms with Crippen LogP contribution in [0.1, 0.15) is 6.42 Å². The summed E-state index contributed by atoms with van der Waals surface area (Å²) in [5.41, 5.74) is 0. The van der Waals surface area contributed by atoms with Gasteiger partial charge >= 0.3 is 0 Å². The van der Waals surface area contributed by atoms with E-state index in [0.717, 1.165) is 0 Å². The van der Waals surface area contributed by atoms with Crippen molar-refractivity contribution >= 4 is 0 Å². The Balaban J connectivity index is -0.000000845. The van der Waals surface area contributed by atoms with E-state index < -0.39 is 19.1 Å². The molecule has 0 fully saturated rings. The molecule has 4 nitrogen and oxygen atoms in total. The molecular weight excluding hydrogens is 477 g/mol. The molecule has 0 aromatic heterocycles. The first-order valence-corrected chi connectivity index (χ1v) is 4.28. The van der Waals surface area contributed by atoms with Crippen LogP contribution < -0.4 is 0 Å². The van der Waals surface area contributed by atoms with E-state index in [-0.39, 0.29) is 27.2 Å². The van der Waals surface area contributed by atoms with Crippen LogP contribution in [-0.2, 0) is 9.47 Å². The molecule has 96 valence electrons. The average Bonchev–Trinajstić information content (AvgIpc) is 2.12. The first-order valence-electron chi connectivity index (χ1n) is 4.28. The van der Waals surface area contributed by atoms with E-state index in [4.69, 9.17) is 14.9 Å². The molecule has 0 aromatic rings. The van der Waals surface area contributed by atoms with Crippen LogP contribution in [0, 0.1) is 13.9 Å². The predicted molar refractivity (Wildman–Crippen MR) is 51.2 cm³/mol. The average molecular weight is 495 g/mol. The first-order chi connectivity index (χ1) is 6.66. The molecule has 2 N–H and O–H groups in total. The molecule has 0 rings (SSSR count). The number of rotatable bonds is 9. The van der Waals surface area contributed by atoms with Gasteiger partial charge in [-0.05, 0) is 13.0 Å². The minimum absolute atomic E-state index is 0. The Hall–Kier alpha value is -1.30. The minimum Gasteiger partial charge on any atom is -0.419 e. The van der Waals surface area contributed by atoms with Gasteiger partial charge in [-0.25, -0.2) is 0 Å². The molecule has 0 bridgehead atoms. The number of halogens is 2. The van der Waals surface area contributed by atoms with Crippen molar-refractivity contribution in [3.8, 4) is 0 Å². The van der Waals surface area contributed by atoms with Crippen molar-refractivity contribution in [1.82, 2.24) is 0 Å². The zero-order valence-electron chi connectivity index (χ0n) is 9.49. The third-order valence-electron chi connectivity index (χ3n) is 1.28. The molecule has 1 atom stereocenters. The van der Waals surface area contributed by atoms with Crippen molar-refractivity contribution in [2.75, 3.05) is 33.0 Å². The normalized spacial score (nSPS) is 11.8. The summed E-state index contributed by atoms with van der Waals surface area (Å²) in [6, 6.07) is 0. The molecule has 0 saturated heterocycles. The number of ether oxygens (including phenoxy) is 2. The summed E-state index contributed by atoms with van der Waals surface area (Å²) in [6.45, 7) is -0.566. The molecule has 0 saturated carbocycles. The molecule has 1 unspecified atom stereocenters. The maximum atomic E-state index is 11.5. The van der Waals surface area contributed by atoms with Gasteiger partial charge in [0.1, 0.15) is 6.10 Å². The van der Waals surface area contributed by atoms with Crippen LogP contribution in [0.15, 0.2) is 0 Å². The van der Waals surface area contributed by atoms with Gasteiger partial charge < -0.3 is 35.9 Å². The van der Waals surface area contributed by atoms with E-state index in [2.05, 4.69) is 4.74 Å². The standard InChI is InChI=1S/C8H15F2O4.CH3.Rf/c9-8(10)6-14-5-7(12)4-13-3-1-2-11;;/h7,11-12H,1-6H2;1H3;/q2*-1;. The number of aliphatic hydroxyl groups excluding tert-OH is 2. The zero-order valence-corrected chi connectivity index (χ0v) is 15.9. The summed E-state index contributed by atoms with van der Waals surface area (Å²) in [5, 5.41) is 17.5. The largest absolute Gasteiger partial charge is 0.419 e. The summed E-state index contributed by atoms with van der Waals surface area (Å²) in [4.78, 5) is 0. The Morgan fingerprint density at radius 2 is 1.75 bits per heavy atom. The summed E-state index contributed by atoms with van der Waals surface area (Å²) in [6.07, 6.45) is -2.24. The van der Waals surface area contributed by atoms with E-state index in [1.165, 1.54) is 0 Å². The fourth-order valence-corrected chi connectivity index (χ4v) is 0.706. The van der Waals surface area contributed by atoms with E-state index in [9.17, 15) is 8.78 Å². The summed E-state index contributed by atoms with van der Waals surface area (Å²) in [5.74, 6) is 0. The quantitative estimate of drug-likeness (QED) is 0.365. The zero-order chi connectivity index (χ0) is 10.8. The smallest absolute Gasteiger partial charge is 0.100 e. The van der Waals surface area contributed by atoms with Crippen molar-refractivity contribution in [2.24, 2.45) is 0 Å². The second kappa shape index (κ2) is 13.7. The number of aliphatic hydroxyl groups is 2. The SMILES string of the molecule is OCCCOCC(O)COC[C-](F)F.[CH3-].[Rf]. The Labute approximate surface area is 88.8 Å². The van der Waals surface area contributed by atoms with Gasteiger partial charge in [-0.3, -0.25) is 0 Å².